The first kappa shape index (κ1) is 18.8. The normalized spacial score (nSPS) is 16.4. The molecule has 0 bridgehead atoms. The first-order valence-corrected chi connectivity index (χ1v) is 10.4. The van der Waals surface area contributed by atoms with Gasteiger partial charge < -0.3 is 10.1 Å². The van der Waals surface area contributed by atoms with E-state index in [1.807, 2.05) is 84.9 Å². The summed E-state index contributed by atoms with van der Waals surface area (Å²) in [6.45, 7) is 0. The molecule has 1 aliphatic rings. The van der Waals surface area contributed by atoms with Crippen LogP contribution in [0.15, 0.2) is 88.8 Å². The maximum absolute atomic E-state index is 12.3. The summed E-state index contributed by atoms with van der Waals surface area (Å²) in [5.74, 6) is 1.34. The Morgan fingerprint density at radius 1 is 0.929 bits per heavy atom. The van der Waals surface area contributed by atoms with Gasteiger partial charge in [-0.1, -0.05) is 30.3 Å². The number of amides is 1. The molecule has 0 radical (unpaired) electrons. The number of nitrogens with one attached hydrogen (secondary N) is 1. The highest BCUT2D eigenvalue weighted by atomic mass is 127. The Labute approximate surface area is 180 Å². The summed E-state index contributed by atoms with van der Waals surface area (Å²) in [5, 5.41) is 3.39. The van der Waals surface area contributed by atoms with E-state index >= 15 is 0 Å². The van der Waals surface area contributed by atoms with Gasteiger partial charge in [0.05, 0.1) is 10.6 Å². The molecule has 3 aromatic carbocycles. The predicted molar refractivity (Wildman–Crippen MR) is 123 cm³/mol. The molecule has 0 atom stereocenters. The van der Waals surface area contributed by atoms with Crippen LogP contribution in [0.2, 0.25) is 0 Å². The van der Waals surface area contributed by atoms with E-state index in [0.717, 1.165) is 26.3 Å². The highest BCUT2D eigenvalue weighted by Crippen LogP contribution is 2.29. The molecule has 6 heteroatoms. The third-order valence-corrected chi connectivity index (χ3v) is 5.47. The van der Waals surface area contributed by atoms with Crippen LogP contribution >= 0.6 is 34.4 Å². The number of hydrogen-bond donors (Lipinski definition) is 1. The zero-order valence-electron chi connectivity index (χ0n) is 14.6. The molecule has 1 aliphatic heterocycles. The Kier molecular flexibility index (Phi) is 5.78. The number of ether oxygens (including phenoxy) is 1. The summed E-state index contributed by atoms with van der Waals surface area (Å²) in [7, 11) is 0. The van der Waals surface area contributed by atoms with E-state index in [2.05, 4.69) is 32.9 Å². The molecule has 0 aromatic heterocycles. The second kappa shape index (κ2) is 8.62. The van der Waals surface area contributed by atoms with Gasteiger partial charge in [-0.15, -0.1) is 0 Å². The Bertz CT molecular complexity index is 1060. The third-order valence-electron chi connectivity index (χ3n) is 3.84. The van der Waals surface area contributed by atoms with E-state index in [4.69, 9.17) is 4.74 Å². The number of para-hydroxylation sites is 1. The molecule has 1 heterocycles. The van der Waals surface area contributed by atoms with Crippen molar-refractivity contribution in [1.82, 2.24) is 5.32 Å². The molecule has 0 saturated carbocycles. The number of hydrogen-bond acceptors (Lipinski definition) is 4. The number of amidine groups is 1. The minimum atomic E-state index is -0.149. The van der Waals surface area contributed by atoms with Crippen LogP contribution in [0, 0.1) is 3.57 Å². The average Bonchev–Trinajstić information content (AvgIpc) is 3.03. The summed E-state index contributed by atoms with van der Waals surface area (Å²) >= 11 is 3.58. The Morgan fingerprint density at radius 2 is 1.68 bits per heavy atom. The first-order valence-electron chi connectivity index (χ1n) is 8.54. The number of nitrogens with zero attached hydrogens (tertiary/aromatic N) is 1. The van der Waals surface area contributed by atoms with Gasteiger partial charge in [-0.05, 0) is 94.5 Å². The molecular formula is C22H15IN2O2S. The van der Waals surface area contributed by atoms with Gasteiger partial charge in [-0.25, -0.2) is 4.99 Å². The summed E-state index contributed by atoms with van der Waals surface area (Å²) in [6.07, 6.45) is 1.84. The number of thioether (sulfide) groups is 1. The van der Waals surface area contributed by atoms with Crippen LogP contribution in [0.1, 0.15) is 5.56 Å². The fourth-order valence-electron chi connectivity index (χ4n) is 2.56. The average molecular weight is 498 g/mol. The van der Waals surface area contributed by atoms with E-state index in [1.54, 1.807) is 0 Å². The molecule has 0 aliphatic carbocycles. The lowest BCUT2D eigenvalue weighted by Gasteiger charge is -2.06. The lowest BCUT2D eigenvalue weighted by molar-refractivity contribution is -0.115. The molecular weight excluding hydrogens is 483 g/mol. The van der Waals surface area contributed by atoms with Crippen molar-refractivity contribution in [1.29, 1.82) is 0 Å². The van der Waals surface area contributed by atoms with Crippen molar-refractivity contribution in [3.8, 4) is 11.5 Å². The number of rotatable bonds is 4. The lowest BCUT2D eigenvalue weighted by atomic mass is 10.2. The topological polar surface area (TPSA) is 50.7 Å². The zero-order chi connectivity index (χ0) is 19.3. The SMILES string of the molecule is O=C1NC(=Nc2ccc(I)cc2)S/C1=C/c1cccc(Oc2ccccc2)c1. The molecule has 0 unspecified atom stereocenters. The molecule has 1 amide bonds. The van der Waals surface area contributed by atoms with Crippen molar-refractivity contribution in [2.75, 3.05) is 0 Å². The van der Waals surface area contributed by atoms with E-state index in [9.17, 15) is 4.79 Å². The van der Waals surface area contributed by atoms with Crippen molar-refractivity contribution in [2.45, 2.75) is 0 Å². The van der Waals surface area contributed by atoms with Crippen LogP contribution in [0.25, 0.3) is 6.08 Å². The van der Waals surface area contributed by atoms with Gasteiger partial charge in [-0.3, -0.25) is 4.79 Å². The number of benzene rings is 3. The highest BCUT2D eigenvalue weighted by molar-refractivity contribution is 14.1. The summed E-state index contributed by atoms with van der Waals surface area (Å²) in [6, 6.07) is 25.0. The summed E-state index contributed by atoms with van der Waals surface area (Å²) < 4.78 is 7.00. The van der Waals surface area contributed by atoms with Crippen LogP contribution in [0.5, 0.6) is 11.5 Å². The van der Waals surface area contributed by atoms with Crippen LogP contribution < -0.4 is 10.1 Å². The molecule has 1 fully saturated rings. The first-order chi connectivity index (χ1) is 13.7. The second-order valence-electron chi connectivity index (χ2n) is 5.95. The van der Waals surface area contributed by atoms with Crippen LogP contribution in [0.4, 0.5) is 5.69 Å². The minimum Gasteiger partial charge on any atom is -0.457 e. The Hall–Kier alpha value is -2.58. The van der Waals surface area contributed by atoms with Gasteiger partial charge in [0, 0.05) is 3.57 Å². The minimum absolute atomic E-state index is 0.149. The van der Waals surface area contributed by atoms with E-state index in [1.165, 1.54) is 11.8 Å². The highest BCUT2D eigenvalue weighted by Gasteiger charge is 2.23. The van der Waals surface area contributed by atoms with Crippen molar-refractivity contribution in [2.24, 2.45) is 4.99 Å². The van der Waals surface area contributed by atoms with Crippen molar-refractivity contribution in [3.05, 3.63) is 92.9 Å². The molecule has 1 saturated heterocycles. The van der Waals surface area contributed by atoms with Gasteiger partial charge in [-0.2, -0.15) is 0 Å². The number of aliphatic imine (C=N–C) groups is 1. The summed E-state index contributed by atoms with van der Waals surface area (Å²) in [4.78, 5) is 17.4. The molecule has 1 N–H and O–H groups in total. The quantitative estimate of drug-likeness (QED) is 0.356. The zero-order valence-corrected chi connectivity index (χ0v) is 17.6. The van der Waals surface area contributed by atoms with E-state index in [-0.39, 0.29) is 5.91 Å². The second-order valence-corrected chi connectivity index (χ2v) is 8.22. The van der Waals surface area contributed by atoms with Gasteiger partial charge in [0.1, 0.15) is 11.5 Å². The van der Waals surface area contributed by atoms with Crippen LogP contribution in [-0.2, 0) is 4.79 Å². The maximum Gasteiger partial charge on any atom is 0.264 e. The number of carbonyl (C=O) groups excluding carboxylic acids is 1. The van der Waals surface area contributed by atoms with Crippen LogP contribution in [0.3, 0.4) is 0 Å². The summed E-state index contributed by atoms with van der Waals surface area (Å²) in [5.41, 5.74) is 1.70. The molecule has 0 spiro atoms. The third kappa shape index (κ3) is 4.82. The fraction of sp³-hybridized carbons (Fsp3) is 0. The largest absolute Gasteiger partial charge is 0.457 e. The Morgan fingerprint density at radius 3 is 2.46 bits per heavy atom. The molecule has 28 heavy (non-hydrogen) atoms. The van der Waals surface area contributed by atoms with Gasteiger partial charge >= 0.3 is 0 Å². The monoisotopic (exact) mass is 498 g/mol. The Balaban J connectivity index is 1.51. The lowest BCUT2D eigenvalue weighted by Crippen LogP contribution is -2.19. The molecule has 4 rings (SSSR count). The molecule has 4 nitrogen and oxygen atoms in total. The van der Waals surface area contributed by atoms with Crippen molar-refractivity contribution < 1.29 is 9.53 Å². The number of halogens is 1. The van der Waals surface area contributed by atoms with E-state index in [0.29, 0.717) is 10.1 Å². The number of carbonyl (C=O) groups is 1. The van der Waals surface area contributed by atoms with Gasteiger partial charge in [0.15, 0.2) is 5.17 Å². The molecule has 138 valence electrons. The van der Waals surface area contributed by atoms with Crippen LogP contribution in [-0.4, -0.2) is 11.1 Å². The predicted octanol–water partition coefficient (Wildman–Crippen LogP) is 5.98. The van der Waals surface area contributed by atoms with E-state index < -0.39 is 0 Å². The van der Waals surface area contributed by atoms with Crippen molar-refractivity contribution in [3.63, 3.8) is 0 Å². The van der Waals surface area contributed by atoms with Gasteiger partial charge in [0.2, 0.25) is 0 Å². The maximum atomic E-state index is 12.3. The van der Waals surface area contributed by atoms with Gasteiger partial charge in [0.25, 0.3) is 5.91 Å². The standard InChI is InChI=1S/C22H15IN2O2S/c23-16-9-11-17(12-10-16)24-22-25-21(26)20(28-22)14-15-5-4-8-19(13-15)27-18-6-2-1-3-7-18/h1-14H,(H,24,25,26)/b20-14+. The van der Waals surface area contributed by atoms with Crippen molar-refractivity contribution >= 4 is 57.2 Å². The smallest absolute Gasteiger partial charge is 0.264 e. The molecule has 3 aromatic rings. The fourth-order valence-corrected chi connectivity index (χ4v) is 3.76.